The van der Waals surface area contributed by atoms with E-state index < -0.39 is 0 Å². The number of fused-ring (bicyclic) bond motifs is 1. The molecule has 94 valence electrons. The first-order valence-electron chi connectivity index (χ1n) is 6.47. The van der Waals surface area contributed by atoms with Gasteiger partial charge in [0.25, 0.3) is 0 Å². The average Bonchev–Trinajstić information content (AvgIpc) is 2.52. The largest absolute Gasteiger partial charge is 0.493 e. The summed E-state index contributed by atoms with van der Waals surface area (Å²) in [4.78, 5) is 0. The lowest BCUT2D eigenvalue weighted by Gasteiger charge is -2.18. The Bertz CT molecular complexity index is 367. The fourth-order valence-electron chi connectivity index (χ4n) is 2.21. The van der Waals surface area contributed by atoms with Crippen molar-refractivity contribution in [3.63, 3.8) is 0 Å². The van der Waals surface area contributed by atoms with Crippen LogP contribution in [0.1, 0.15) is 44.2 Å². The maximum atomic E-state index is 5.80. The minimum Gasteiger partial charge on any atom is -0.493 e. The standard InChI is InChI=1S/C14H20BrNO/c1-2-3-8-16-13-5-4-9-17-14-10-11(15)6-7-12(13)14/h6-7,10,13,16H,2-5,8-9H2,1H3. The van der Waals surface area contributed by atoms with Gasteiger partial charge < -0.3 is 10.1 Å². The fourth-order valence-corrected chi connectivity index (χ4v) is 2.55. The van der Waals surface area contributed by atoms with Gasteiger partial charge in [0.2, 0.25) is 0 Å². The van der Waals surface area contributed by atoms with Crippen LogP contribution < -0.4 is 10.1 Å². The van der Waals surface area contributed by atoms with Gasteiger partial charge >= 0.3 is 0 Å². The van der Waals surface area contributed by atoms with Crippen LogP contribution in [-0.2, 0) is 0 Å². The molecular weight excluding hydrogens is 278 g/mol. The van der Waals surface area contributed by atoms with E-state index >= 15 is 0 Å². The van der Waals surface area contributed by atoms with E-state index in [-0.39, 0.29) is 0 Å². The summed E-state index contributed by atoms with van der Waals surface area (Å²) in [7, 11) is 0. The molecule has 1 N–H and O–H groups in total. The first-order chi connectivity index (χ1) is 8.31. The van der Waals surface area contributed by atoms with Gasteiger partial charge in [0, 0.05) is 16.1 Å². The molecule has 0 aliphatic carbocycles. The van der Waals surface area contributed by atoms with E-state index in [1.807, 2.05) is 0 Å². The smallest absolute Gasteiger partial charge is 0.125 e. The Morgan fingerprint density at radius 2 is 2.35 bits per heavy atom. The Balaban J connectivity index is 2.12. The molecule has 2 rings (SSSR count). The van der Waals surface area contributed by atoms with Gasteiger partial charge in [0.05, 0.1) is 6.61 Å². The molecule has 0 spiro atoms. The topological polar surface area (TPSA) is 21.3 Å². The molecule has 1 aromatic rings. The predicted octanol–water partition coefficient (Wildman–Crippen LogP) is 4.05. The maximum absolute atomic E-state index is 5.80. The molecule has 1 atom stereocenters. The van der Waals surface area contributed by atoms with Gasteiger partial charge in [-0.2, -0.15) is 0 Å². The molecule has 3 heteroatoms. The SMILES string of the molecule is CCCCNC1CCCOc2cc(Br)ccc21. The Hall–Kier alpha value is -0.540. The van der Waals surface area contributed by atoms with Crippen molar-refractivity contribution in [2.75, 3.05) is 13.2 Å². The highest BCUT2D eigenvalue weighted by Crippen LogP contribution is 2.33. The summed E-state index contributed by atoms with van der Waals surface area (Å²) in [6.07, 6.45) is 4.76. The summed E-state index contributed by atoms with van der Waals surface area (Å²) in [5, 5.41) is 3.64. The number of nitrogens with one attached hydrogen (secondary N) is 1. The number of ether oxygens (including phenoxy) is 1. The van der Waals surface area contributed by atoms with Crippen LogP contribution in [0.5, 0.6) is 5.75 Å². The number of hydrogen-bond donors (Lipinski definition) is 1. The van der Waals surface area contributed by atoms with Gasteiger partial charge in [-0.3, -0.25) is 0 Å². The molecule has 1 heterocycles. The quantitative estimate of drug-likeness (QED) is 0.847. The van der Waals surface area contributed by atoms with E-state index in [0.29, 0.717) is 6.04 Å². The van der Waals surface area contributed by atoms with Gasteiger partial charge in [-0.15, -0.1) is 0 Å². The van der Waals surface area contributed by atoms with Crippen molar-refractivity contribution in [2.24, 2.45) is 0 Å². The van der Waals surface area contributed by atoms with Crippen LogP contribution in [0.2, 0.25) is 0 Å². The van der Waals surface area contributed by atoms with Crippen molar-refractivity contribution in [2.45, 2.75) is 38.6 Å². The van der Waals surface area contributed by atoms with Crippen LogP contribution in [0.4, 0.5) is 0 Å². The van der Waals surface area contributed by atoms with E-state index in [1.54, 1.807) is 0 Å². The maximum Gasteiger partial charge on any atom is 0.125 e. The van der Waals surface area contributed by atoms with Crippen molar-refractivity contribution >= 4 is 15.9 Å². The van der Waals surface area contributed by atoms with E-state index in [4.69, 9.17) is 4.74 Å². The molecule has 2 nitrogen and oxygen atoms in total. The Morgan fingerprint density at radius 1 is 1.47 bits per heavy atom. The Kier molecular flexibility index (Phi) is 4.86. The number of halogens is 1. The Labute approximate surface area is 112 Å². The zero-order valence-corrected chi connectivity index (χ0v) is 11.9. The molecule has 0 bridgehead atoms. The average molecular weight is 298 g/mol. The minimum absolute atomic E-state index is 0.451. The van der Waals surface area contributed by atoms with E-state index in [9.17, 15) is 0 Å². The lowest BCUT2D eigenvalue weighted by Crippen LogP contribution is -2.22. The second kappa shape index (κ2) is 6.41. The third-order valence-corrected chi connectivity index (χ3v) is 3.66. The first kappa shape index (κ1) is 12.9. The van der Waals surface area contributed by atoms with Crippen LogP contribution in [0.25, 0.3) is 0 Å². The van der Waals surface area contributed by atoms with Gasteiger partial charge in [-0.25, -0.2) is 0 Å². The molecule has 1 unspecified atom stereocenters. The van der Waals surface area contributed by atoms with Gasteiger partial charge in [0.15, 0.2) is 0 Å². The molecule has 1 aliphatic heterocycles. The van der Waals surface area contributed by atoms with Gasteiger partial charge in [-0.1, -0.05) is 35.3 Å². The number of benzene rings is 1. The van der Waals surface area contributed by atoms with Crippen LogP contribution in [0, 0.1) is 0 Å². The molecule has 17 heavy (non-hydrogen) atoms. The van der Waals surface area contributed by atoms with E-state index in [0.717, 1.165) is 29.8 Å². The molecule has 0 fully saturated rings. The summed E-state index contributed by atoms with van der Waals surface area (Å²) in [5.41, 5.74) is 1.31. The lowest BCUT2D eigenvalue weighted by atomic mass is 10.0. The summed E-state index contributed by atoms with van der Waals surface area (Å²) in [5.74, 6) is 1.03. The number of rotatable bonds is 4. The zero-order valence-electron chi connectivity index (χ0n) is 10.3. The second-order valence-electron chi connectivity index (χ2n) is 4.53. The molecule has 1 aliphatic rings. The molecule has 0 saturated heterocycles. The summed E-state index contributed by atoms with van der Waals surface area (Å²) in [6, 6.07) is 6.80. The third-order valence-electron chi connectivity index (χ3n) is 3.17. The fraction of sp³-hybridized carbons (Fsp3) is 0.571. The third kappa shape index (κ3) is 3.46. The monoisotopic (exact) mass is 297 g/mol. The summed E-state index contributed by atoms with van der Waals surface area (Å²) >= 11 is 3.50. The highest BCUT2D eigenvalue weighted by Gasteiger charge is 2.19. The van der Waals surface area contributed by atoms with Crippen LogP contribution in [0.3, 0.4) is 0 Å². The highest BCUT2D eigenvalue weighted by atomic mass is 79.9. The summed E-state index contributed by atoms with van der Waals surface area (Å²) < 4.78 is 6.88. The normalized spacial score (nSPS) is 19.3. The highest BCUT2D eigenvalue weighted by molar-refractivity contribution is 9.10. The van der Waals surface area contributed by atoms with Crippen molar-refractivity contribution in [3.05, 3.63) is 28.2 Å². The van der Waals surface area contributed by atoms with E-state index in [1.165, 1.54) is 24.8 Å². The van der Waals surface area contributed by atoms with Crippen LogP contribution in [0.15, 0.2) is 22.7 Å². The molecule has 0 aromatic heterocycles. The van der Waals surface area contributed by atoms with Crippen molar-refractivity contribution in [1.29, 1.82) is 0 Å². The van der Waals surface area contributed by atoms with Crippen molar-refractivity contribution in [1.82, 2.24) is 5.32 Å². The Morgan fingerprint density at radius 3 is 3.18 bits per heavy atom. The molecule has 0 radical (unpaired) electrons. The zero-order chi connectivity index (χ0) is 12.1. The van der Waals surface area contributed by atoms with Crippen molar-refractivity contribution < 1.29 is 4.74 Å². The lowest BCUT2D eigenvalue weighted by molar-refractivity contribution is 0.315. The number of hydrogen-bond acceptors (Lipinski definition) is 2. The first-order valence-corrected chi connectivity index (χ1v) is 7.26. The van der Waals surface area contributed by atoms with Gasteiger partial charge in [-0.05, 0) is 37.9 Å². The molecular formula is C14H20BrNO. The van der Waals surface area contributed by atoms with E-state index in [2.05, 4.69) is 46.4 Å². The molecule has 0 saturated carbocycles. The molecule has 0 amide bonds. The minimum atomic E-state index is 0.451. The molecule has 1 aromatic carbocycles. The number of unbranched alkanes of at least 4 members (excludes halogenated alkanes) is 1. The van der Waals surface area contributed by atoms with Crippen LogP contribution in [-0.4, -0.2) is 13.2 Å². The van der Waals surface area contributed by atoms with Gasteiger partial charge in [0.1, 0.15) is 5.75 Å². The van der Waals surface area contributed by atoms with Crippen molar-refractivity contribution in [3.8, 4) is 5.75 Å². The summed E-state index contributed by atoms with van der Waals surface area (Å²) in [6.45, 7) is 4.15. The second-order valence-corrected chi connectivity index (χ2v) is 5.45. The predicted molar refractivity (Wildman–Crippen MR) is 74.5 cm³/mol. The van der Waals surface area contributed by atoms with Crippen LogP contribution >= 0.6 is 15.9 Å².